The van der Waals surface area contributed by atoms with Gasteiger partial charge in [0.15, 0.2) is 0 Å². The summed E-state index contributed by atoms with van der Waals surface area (Å²) in [5.74, 6) is 0. The maximum absolute atomic E-state index is 6.03. The Labute approximate surface area is 90.8 Å². The summed E-state index contributed by atoms with van der Waals surface area (Å²) in [6.45, 7) is 8.82. The number of aryl methyl sites for hydroxylation is 1. The molecule has 1 aromatic carbocycles. The minimum atomic E-state index is 0.775. The zero-order valence-corrected chi connectivity index (χ0v) is 9.49. The molecular weight excluding hydrogens is 194 g/mol. The van der Waals surface area contributed by atoms with E-state index in [2.05, 4.69) is 24.9 Å². The molecule has 76 valence electrons. The summed E-state index contributed by atoms with van der Waals surface area (Å²) in [6, 6.07) is 5.98. The summed E-state index contributed by atoms with van der Waals surface area (Å²) >= 11 is 6.03. The first kappa shape index (κ1) is 11.1. The van der Waals surface area contributed by atoms with Crippen LogP contribution in [0.25, 0.3) is 0 Å². The molecule has 0 saturated heterocycles. The van der Waals surface area contributed by atoms with Crippen molar-refractivity contribution >= 4 is 17.3 Å². The molecule has 0 spiro atoms. The van der Waals surface area contributed by atoms with E-state index in [1.54, 1.807) is 0 Å². The molecule has 0 atom stereocenters. The molecule has 0 radical (unpaired) electrons. The van der Waals surface area contributed by atoms with Crippen LogP contribution in [-0.2, 0) is 0 Å². The van der Waals surface area contributed by atoms with Gasteiger partial charge in [-0.2, -0.15) is 0 Å². The SMILES string of the molecule is C=C(C)CCNc1cc(C)ccc1Cl. The van der Waals surface area contributed by atoms with Crippen molar-refractivity contribution in [3.05, 3.63) is 40.9 Å². The predicted octanol–water partition coefficient (Wildman–Crippen LogP) is 4.03. The van der Waals surface area contributed by atoms with Crippen molar-refractivity contribution < 1.29 is 0 Å². The molecule has 14 heavy (non-hydrogen) atoms. The quantitative estimate of drug-likeness (QED) is 0.739. The van der Waals surface area contributed by atoms with Crippen molar-refractivity contribution in [3.8, 4) is 0 Å². The summed E-state index contributed by atoms with van der Waals surface area (Å²) in [5.41, 5.74) is 3.40. The number of hydrogen-bond acceptors (Lipinski definition) is 1. The van der Waals surface area contributed by atoms with Crippen LogP contribution in [0.2, 0.25) is 5.02 Å². The van der Waals surface area contributed by atoms with Crippen molar-refractivity contribution in [2.75, 3.05) is 11.9 Å². The summed E-state index contributed by atoms with van der Waals surface area (Å²) in [7, 11) is 0. The highest BCUT2D eigenvalue weighted by molar-refractivity contribution is 6.33. The molecule has 0 bridgehead atoms. The van der Waals surface area contributed by atoms with Crippen molar-refractivity contribution in [2.24, 2.45) is 0 Å². The Morgan fingerprint density at radius 2 is 2.21 bits per heavy atom. The van der Waals surface area contributed by atoms with E-state index >= 15 is 0 Å². The minimum Gasteiger partial charge on any atom is -0.384 e. The monoisotopic (exact) mass is 209 g/mol. The van der Waals surface area contributed by atoms with Crippen molar-refractivity contribution in [1.29, 1.82) is 0 Å². The Morgan fingerprint density at radius 1 is 1.50 bits per heavy atom. The Morgan fingerprint density at radius 3 is 2.86 bits per heavy atom. The van der Waals surface area contributed by atoms with Crippen LogP contribution in [0.5, 0.6) is 0 Å². The van der Waals surface area contributed by atoms with Gasteiger partial charge in [-0.1, -0.05) is 23.2 Å². The van der Waals surface area contributed by atoms with Gasteiger partial charge in [0.25, 0.3) is 0 Å². The topological polar surface area (TPSA) is 12.0 Å². The van der Waals surface area contributed by atoms with E-state index in [0.717, 1.165) is 23.7 Å². The van der Waals surface area contributed by atoms with Gasteiger partial charge in [-0.15, -0.1) is 6.58 Å². The van der Waals surface area contributed by atoms with E-state index in [1.807, 2.05) is 19.1 Å². The Kier molecular flexibility index (Phi) is 4.02. The lowest BCUT2D eigenvalue weighted by molar-refractivity contribution is 1.00. The molecule has 1 rings (SSSR count). The summed E-state index contributed by atoms with van der Waals surface area (Å²) in [5, 5.41) is 4.07. The molecule has 0 aliphatic carbocycles. The van der Waals surface area contributed by atoms with Crippen LogP contribution in [0.3, 0.4) is 0 Å². The van der Waals surface area contributed by atoms with Crippen LogP contribution in [-0.4, -0.2) is 6.54 Å². The lowest BCUT2D eigenvalue weighted by Gasteiger charge is -2.08. The number of rotatable bonds is 4. The third kappa shape index (κ3) is 3.43. The highest BCUT2D eigenvalue weighted by atomic mass is 35.5. The van der Waals surface area contributed by atoms with Gasteiger partial charge in [0.2, 0.25) is 0 Å². The molecule has 0 aromatic heterocycles. The first-order valence-corrected chi connectivity index (χ1v) is 5.12. The third-order valence-electron chi connectivity index (χ3n) is 1.99. The van der Waals surface area contributed by atoms with Crippen molar-refractivity contribution in [1.82, 2.24) is 0 Å². The maximum Gasteiger partial charge on any atom is 0.0637 e. The number of anilines is 1. The Bertz CT molecular complexity index is 331. The van der Waals surface area contributed by atoms with E-state index < -0.39 is 0 Å². The standard InChI is InChI=1S/C12H16ClN/c1-9(2)6-7-14-12-8-10(3)4-5-11(12)13/h4-5,8,14H,1,6-7H2,2-3H3. The fourth-order valence-electron chi connectivity index (χ4n) is 1.19. The second kappa shape index (κ2) is 5.06. The van der Waals surface area contributed by atoms with E-state index in [-0.39, 0.29) is 0 Å². The number of halogens is 1. The van der Waals surface area contributed by atoms with Crippen LogP contribution in [0.4, 0.5) is 5.69 Å². The lowest BCUT2D eigenvalue weighted by atomic mass is 10.2. The van der Waals surface area contributed by atoms with E-state index in [1.165, 1.54) is 11.1 Å². The maximum atomic E-state index is 6.03. The second-order valence-electron chi connectivity index (χ2n) is 3.62. The van der Waals surface area contributed by atoms with Crippen molar-refractivity contribution in [2.45, 2.75) is 20.3 Å². The molecule has 0 amide bonds. The highest BCUT2D eigenvalue weighted by Gasteiger charge is 1.98. The molecular formula is C12H16ClN. The van der Waals surface area contributed by atoms with Crippen LogP contribution >= 0.6 is 11.6 Å². The number of benzene rings is 1. The first-order valence-electron chi connectivity index (χ1n) is 4.74. The molecule has 1 N–H and O–H groups in total. The molecule has 2 heteroatoms. The molecule has 0 fully saturated rings. The van der Waals surface area contributed by atoms with Gasteiger partial charge in [-0.3, -0.25) is 0 Å². The Hall–Kier alpha value is -0.950. The largest absolute Gasteiger partial charge is 0.384 e. The Balaban J connectivity index is 2.57. The smallest absolute Gasteiger partial charge is 0.0637 e. The predicted molar refractivity (Wildman–Crippen MR) is 64.1 cm³/mol. The van der Waals surface area contributed by atoms with Crippen molar-refractivity contribution in [3.63, 3.8) is 0 Å². The average molecular weight is 210 g/mol. The summed E-state index contributed by atoms with van der Waals surface area (Å²) in [4.78, 5) is 0. The van der Waals surface area contributed by atoms with Gasteiger partial charge < -0.3 is 5.32 Å². The van der Waals surface area contributed by atoms with E-state index in [4.69, 9.17) is 11.6 Å². The van der Waals surface area contributed by atoms with Crippen LogP contribution in [0, 0.1) is 6.92 Å². The summed E-state index contributed by atoms with van der Waals surface area (Å²) < 4.78 is 0. The molecule has 1 nitrogen and oxygen atoms in total. The normalized spacial score (nSPS) is 9.93. The van der Waals surface area contributed by atoms with E-state index in [9.17, 15) is 0 Å². The van der Waals surface area contributed by atoms with E-state index in [0.29, 0.717) is 0 Å². The summed E-state index contributed by atoms with van der Waals surface area (Å²) in [6.07, 6.45) is 0.976. The first-order chi connectivity index (χ1) is 6.59. The zero-order chi connectivity index (χ0) is 10.6. The average Bonchev–Trinajstić information content (AvgIpc) is 2.10. The van der Waals surface area contributed by atoms with Gasteiger partial charge in [0.1, 0.15) is 0 Å². The van der Waals surface area contributed by atoms with Gasteiger partial charge in [0, 0.05) is 6.54 Å². The third-order valence-corrected chi connectivity index (χ3v) is 2.32. The van der Waals surface area contributed by atoms with Crippen LogP contribution < -0.4 is 5.32 Å². The molecule has 0 aliphatic rings. The zero-order valence-electron chi connectivity index (χ0n) is 8.73. The second-order valence-corrected chi connectivity index (χ2v) is 4.02. The molecule has 1 aromatic rings. The number of hydrogen-bond donors (Lipinski definition) is 1. The van der Waals surface area contributed by atoms with Gasteiger partial charge in [-0.25, -0.2) is 0 Å². The molecule has 0 heterocycles. The fourth-order valence-corrected chi connectivity index (χ4v) is 1.37. The minimum absolute atomic E-state index is 0.775. The number of nitrogens with one attached hydrogen (secondary N) is 1. The highest BCUT2D eigenvalue weighted by Crippen LogP contribution is 2.22. The van der Waals surface area contributed by atoms with Gasteiger partial charge in [-0.05, 0) is 38.0 Å². The van der Waals surface area contributed by atoms with Gasteiger partial charge in [0.05, 0.1) is 10.7 Å². The molecule has 0 aliphatic heterocycles. The van der Waals surface area contributed by atoms with Crippen LogP contribution in [0.15, 0.2) is 30.4 Å². The van der Waals surface area contributed by atoms with Crippen LogP contribution in [0.1, 0.15) is 18.9 Å². The fraction of sp³-hybridized carbons (Fsp3) is 0.333. The molecule has 0 unspecified atom stereocenters. The van der Waals surface area contributed by atoms with Gasteiger partial charge >= 0.3 is 0 Å². The molecule has 0 saturated carbocycles. The lowest BCUT2D eigenvalue weighted by Crippen LogP contribution is -2.02.